The van der Waals surface area contributed by atoms with Crippen LogP contribution in [0.25, 0.3) is 22.4 Å². The number of carbonyl (C=O) groups excluding carboxylic acids is 1. The largest absolute Gasteiger partial charge is 0.439 e. The van der Waals surface area contributed by atoms with Gasteiger partial charge in [0.15, 0.2) is 11.7 Å². The molecule has 0 bridgehead atoms. The molecule has 0 unspecified atom stereocenters. The van der Waals surface area contributed by atoms with Gasteiger partial charge >= 0.3 is 0 Å². The first kappa shape index (κ1) is 20.3. The normalized spacial score (nSPS) is 22.6. The van der Waals surface area contributed by atoms with Crippen molar-refractivity contribution in [1.82, 2.24) is 19.9 Å². The molecular weight excluding hydrogens is 392 g/mol. The molecule has 7 nitrogen and oxygen atoms in total. The van der Waals surface area contributed by atoms with E-state index in [0.29, 0.717) is 29.9 Å². The van der Waals surface area contributed by atoms with Gasteiger partial charge < -0.3 is 9.15 Å². The summed E-state index contributed by atoms with van der Waals surface area (Å²) >= 11 is 0. The summed E-state index contributed by atoms with van der Waals surface area (Å²) < 4.78 is 11.1. The van der Waals surface area contributed by atoms with Crippen LogP contribution in [0.1, 0.15) is 37.3 Å². The van der Waals surface area contributed by atoms with Crippen molar-refractivity contribution < 1.29 is 13.9 Å². The summed E-state index contributed by atoms with van der Waals surface area (Å²) in [5.41, 5.74) is 2.34. The van der Waals surface area contributed by atoms with E-state index in [9.17, 15) is 4.79 Å². The van der Waals surface area contributed by atoms with Crippen LogP contribution >= 0.6 is 0 Å². The average Bonchev–Trinajstić information content (AvgIpc) is 3.25. The van der Waals surface area contributed by atoms with E-state index < -0.39 is 0 Å². The van der Waals surface area contributed by atoms with Crippen molar-refractivity contribution in [2.24, 2.45) is 5.92 Å². The smallest absolute Gasteiger partial charge is 0.191 e. The van der Waals surface area contributed by atoms with Crippen LogP contribution in [-0.4, -0.2) is 58.0 Å². The average molecular weight is 421 g/mol. The lowest BCUT2D eigenvalue weighted by atomic mass is 9.81. The Hall–Kier alpha value is -2.64. The molecule has 0 N–H and O–H groups in total. The van der Waals surface area contributed by atoms with Crippen LogP contribution in [0.2, 0.25) is 0 Å². The monoisotopic (exact) mass is 420 g/mol. The number of hydrogen-bond donors (Lipinski definition) is 0. The van der Waals surface area contributed by atoms with Crippen LogP contribution in [-0.2, 0) is 16.0 Å². The predicted octanol–water partition coefficient (Wildman–Crippen LogP) is 3.60. The first-order chi connectivity index (χ1) is 15.2. The first-order valence-corrected chi connectivity index (χ1v) is 11.2. The second-order valence-electron chi connectivity index (χ2n) is 8.61. The molecule has 3 aromatic heterocycles. The molecule has 2 fully saturated rings. The van der Waals surface area contributed by atoms with Crippen LogP contribution in [0.15, 0.2) is 35.0 Å². The van der Waals surface area contributed by atoms with Crippen molar-refractivity contribution in [3.63, 3.8) is 0 Å². The Kier molecular flexibility index (Phi) is 5.78. The van der Waals surface area contributed by atoms with Crippen molar-refractivity contribution in [3.05, 3.63) is 42.2 Å². The molecule has 0 atom stereocenters. The number of carbonyl (C=O) groups is 1. The van der Waals surface area contributed by atoms with Crippen molar-refractivity contribution in [2.75, 3.05) is 26.3 Å². The van der Waals surface area contributed by atoms with Gasteiger partial charge in [0, 0.05) is 55.7 Å². The quantitative estimate of drug-likeness (QED) is 0.624. The summed E-state index contributed by atoms with van der Waals surface area (Å²) in [6.45, 7) is 5.52. The van der Waals surface area contributed by atoms with Crippen LogP contribution in [0.3, 0.4) is 0 Å². The third kappa shape index (κ3) is 4.52. The maximum absolute atomic E-state index is 13.0. The van der Waals surface area contributed by atoms with Gasteiger partial charge in [0.05, 0.1) is 24.9 Å². The fourth-order valence-corrected chi connectivity index (χ4v) is 4.80. The van der Waals surface area contributed by atoms with E-state index in [2.05, 4.69) is 14.9 Å². The zero-order valence-corrected chi connectivity index (χ0v) is 17.9. The molecule has 0 radical (unpaired) electrons. The minimum Gasteiger partial charge on any atom is -0.439 e. The summed E-state index contributed by atoms with van der Waals surface area (Å²) in [4.78, 5) is 28.9. The van der Waals surface area contributed by atoms with Gasteiger partial charge in [0.2, 0.25) is 0 Å². The number of rotatable bonds is 5. The van der Waals surface area contributed by atoms with E-state index in [-0.39, 0.29) is 5.92 Å². The minimum absolute atomic E-state index is 0.145. The van der Waals surface area contributed by atoms with Crippen LogP contribution in [0.5, 0.6) is 0 Å². The zero-order valence-electron chi connectivity index (χ0n) is 17.9. The van der Waals surface area contributed by atoms with Crippen molar-refractivity contribution in [2.45, 2.75) is 45.1 Å². The Labute approximate surface area is 181 Å². The number of oxazole rings is 1. The number of nitrogens with zero attached hydrogens (tertiary/aromatic N) is 4. The number of ketones is 1. The highest BCUT2D eigenvalue weighted by Gasteiger charge is 2.30. The standard InChI is InChI=1S/C24H28N4O3/c1-16-25-15-24(31-16)21-7-4-18-14-26-19(12-22(18)27-21)13-23(29)17-2-5-20(6-3-17)28-8-10-30-11-9-28/h4,7,12,14-15,17,20H,2-3,5-6,8-11,13H2,1H3. The molecule has 0 amide bonds. The second kappa shape index (κ2) is 8.85. The Balaban J connectivity index is 1.24. The van der Waals surface area contributed by atoms with Gasteiger partial charge in [-0.1, -0.05) is 0 Å². The molecular formula is C24H28N4O3. The topological polar surface area (TPSA) is 81.4 Å². The maximum Gasteiger partial charge on any atom is 0.191 e. The number of ether oxygens (including phenoxy) is 1. The lowest BCUT2D eigenvalue weighted by Crippen LogP contribution is -2.45. The Morgan fingerprint density at radius 3 is 2.65 bits per heavy atom. The first-order valence-electron chi connectivity index (χ1n) is 11.2. The molecule has 0 aromatic carbocycles. The molecule has 1 saturated heterocycles. The molecule has 3 aromatic rings. The summed E-state index contributed by atoms with van der Waals surface area (Å²) in [5.74, 6) is 1.70. The van der Waals surface area contributed by atoms with Gasteiger partial charge in [-0.3, -0.25) is 14.7 Å². The number of aromatic nitrogens is 3. The third-order valence-electron chi connectivity index (χ3n) is 6.57. The number of fused-ring (bicyclic) bond motifs is 1. The summed E-state index contributed by atoms with van der Waals surface area (Å²) in [7, 11) is 0. The van der Waals surface area contributed by atoms with Gasteiger partial charge in [-0.05, 0) is 43.9 Å². The van der Waals surface area contributed by atoms with E-state index in [1.807, 2.05) is 25.1 Å². The molecule has 5 rings (SSSR count). The fourth-order valence-electron chi connectivity index (χ4n) is 4.80. The van der Waals surface area contributed by atoms with Crippen molar-refractivity contribution >= 4 is 16.7 Å². The van der Waals surface area contributed by atoms with Gasteiger partial charge in [0.1, 0.15) is 11.5 Å². The maximum atomic E-state index is 13.0. The minimum atomic E-state index is 0.145. The lowest BCUT2D eigenvalue weighted by molar-refractivity contribution is -0.123. The fraction of sp³-hybridized carbons (Fsp3) is 0.500. The number of hydrogen-bond acceptors (Lipinski definition) is 7. The Bertz CT molecular complexity index is 1070. The molecule has 4 heterocycles. The van der Waals surface area contributed by atoms with E-state index in [4.69, 9.17) is 14.1 Å². The van der Waals surface area contributed by atoms with E-state index in [1.54, 1.807) is 12.4 Å². The number of Topliss-reactive ketones (excluding diaryl/α,β-unsaturated/α-hetero) is 1. The van der Waals surface area contributed by atoms with Gasteiger partial charge in [-0.2, -0.15) is 0 Å². The number of pyridine rings is 2. The van der Waals surface area contributed by atoms with E-state index in [0.717, 1.165) is 74.3 Å². The van der Waals surface area contributed by atoms with Crippen LogP contribution in [0, 0.1) is 12.8 Å². The summed E-state index contributed by atoms with van der Waals surface area (Å²) in [6.07, 6.45) is 8.00. The van der Waals surface area contributed by atoms with E-state index in [1.165, 1.54) is 0 Å². The highest BCUT2D eigenvalue weighted by molar-refractivity contribution is 5.85. The van der Waals surface area contributed by atoms with Gasteiger partial charge in [-0.25, -0.2) is 9.97 Å². The summed E-state index contributed by atoms with van der Waals surface area (Å²) in [5, 5.41) is 0.946. The lowest BCUT2D eigenvalue weighted by Gasteiger charge is -2.38. The number of aryl methyl sites for hydroxylation is 1. The molecule has 0 spiro atoms. The molecule has 2 aliphatic rings. The van der Waals surface area contributed by atoms with E-state index >= 15 is 0 Å². The highest BCUT2D eigenvalue weighted by atomic mass is 16.5. The highest BCUT2D eigenvalue weighted by Crippen LogP contribution is 2.30. The van der Waals surface area contributed by atoms with Crippen molar-refractivity contribution in [3.8, 4) is 11.5 Å². The molecule has 162 valence electrons. The molecule has 1 aliphatic carbocycles. The predicted molar refractivity (Wildman–Crippen MR) is 117 cm³/mol. The SMILES string of the molecule is Cc1ncc(-c2ccc3cnc(CC(=O)C4CCC(N5CCOCC5)CC4)cc3n2)o1. The van der Waals surface area contributed by atoms with Gasteiger partial charge in [-0.15, -0.1) is 0 Å². The Morgan fingerprint density at radius 1 is 1.10 bits per heavy atom. The molecule has 31 heavy (non-hydrogen) atoms. The summed E-state index contributed by atoms with van der Waals surface area (Å²) in [6, 6.07) is 6.41. The third-order valence-corrected chi connectivity index (χ3v) is 6.57. The zero-order chi connectivity index (χ0) is 21.2. The van der Waals surface area contributed by atoms with Crippen LogP contribution in [0.4, 0.5) is 0 Å². The molecule has 1 saturated carbocycles. The Morgan fingerprint density at radius 2 is 1.90 bits per heavy atom. The number of morpholine rings is 1. The second-order valence-corrected chi connectivity index (χ2v) is 8.61. The van der Waals surface area contributed by atoms with Gasteiger partial charge in [0.25, 0.3) is 0 Å². The van der Waals surface area contributed by atoms with Crippen LogP contribution < -0.4 is 0 Å². The molecule has 1 aliphatic heterocycles. The molecule has 7 heteroatoms. The van der Waals surface area contributed by atoms with Crippen molar-refractivity contribution in [1.29, 1.82) is 0 Å².